The number of carbonyl (C=O) groups excluding carboxylic acids is 2. The van der Waals surface area contributed by atoms with Gasteiger partial charge < -0.3 is 15.3 Å². The van der Waals surface area contributed by atoms with Crippen LogP contribution in [-0.2, 0) is 14.4 Å². The van der Waals surface area contributed by atoms with Crippen LogP contribution in [-0.4, -0.2) is 58.4 Å². The molecular weight excluding hydrogens is 280 g/mol. The normalized spacial score (nSPS) is 20.2. The van der Waals surface area contributed by atoms with Gasteiger partial charge in [-0.2, -0.15) is 11.8 Å². The molecule has 1 fully saturated rings. The van der Waals surface area contributed by atoms with Gasteiger partial charge in [-0.1, -0.05) is 0 Å². The molecule has 0 aromatic heterocycles. The molecule has 1 aliphatic rings. The molecule has 7 heteroatoms. The average Bonchev–Trinajstić information content (AvgIpc) is 2.42. The third kappa shape index (κ3) is 5.40. The third-order valence-electron chi connectivity index (χ3n) is 3.47. The lowest BCUT2D eigenvalue weighted by molar-refractivity contribution is -0.140. The van der Waals surface area contributed by atoms with Crippen molar-refractivity contribution in [1.82, 2.24) is 10.2 Å². The zero-order valence-electron chi connectivity index (χ0n) is 11.7. The Kier molecular flexibility index (Phi) is 7.43. The van der Waals surface area contributed by atoms with Gasteiger partial charge >= 0.3 is 5.97 Å². The number of piperidine rings is 1. The van der Waals surface area contributed by atoms with Crippen molar-refractivity contribution in [2.45, 2.75) is 44.7 Å². The SMILES string of the molecule is CC1CCCCN1C(=O)CSCCC(NC=O)C(=O)O. The fourth-order valence-electron chi connectivity index (χ4n) is 2.27. The van der Waals surface area contributed by atoms with E-state index in [1.165, 1.54) is 18.2 Å². The van der Waals surface area contributed by atoms with Gasteiger partial charge in [0.15, 0.2) is 0 Å². The first-order valence-corrected chi connectivity index (χ1v) is 8.01. The maximum absolute atomic E-state index is 12.0. The van der Waals surface area contributed by atoms with Gasteiger partial charge in [-0.05, 0) is 38.4 Å². The number of nitrogens with one attached hydrogen (secondary N) is 1. The number of amides is 2. The van der Waals surface area contributed by atoms with Crippen LogP contribution in [0.1, 0.15) is 32.6 Å². The number of likely N-dealkylation sites (tertiary alicyclic amines) is 1. The molecule has 0 saturated carbocycles. The first-order valence-electron chi connectivity index (χ1n) is 6.86. The highest BCUT2D eigenvalue weighted by Gasteiger charge is 2.23. The Bertz CT molecular complexity index is 351. The minimum Gasteiger partial charge on any atom is -0.480 e. The first kappa shape index (κ1) is 16.8. The van der Waals surface area contributed by atoms with E-state index in [-0.39, 0.29) is 5.91 Å². The second-order valence-corrected chi connectivity index (χ2v) is 6.05. The molecule has 2 N–H and O–H groups in total. The van der Waals surface area contributed by atoms with Crippen LogP contribution >= 0.6 is 11.8 Å². The molecule has 0 aliphatic carbocycles. The van der Waals surface area contributed by atoms with Crippen LogP contribution in [0.4, 0.5) is 0 Å². The van der Waals surface area contributed by atoms with Crippen LogP contribution in [0, 0.1) is 0 Å². The number of rotatable bonds is 8. The van der Waals surface area contributed by atoms with Gasteiger partial charge in [0.05, 0.1) is 5.75 Å². The lowest BCUT2D eigenvalue weighted by Crippen LogP contribution is -2.43. The summed E-state index contributed by atoms with van der Waals surface area (Å²) in [6.07, 6.45) is 4.01. The topological polar surface area (TPSA) is 86.7 Å². The minimum atomic E-state index is -1.05. The quantitative estimate of drug-likeness (QED) is 0.509. The van der Waals surface area contributed by atoms with E-state index in [9.17, 15) is 14.4 Å². The Hall–Kier alpha value is -1.24. The maximum Gasteiger partial charge on any atom is 0.326 e. The molecule has 1 saturated heterocycles. The van der Waals surface area contributed by atoms with Gasteiger partial charge in [0, 0.05) is 12.6 Å². The molecule has 1 aliphatic heterocycles. The van der Waals surface area contributed by atoms with Crippen molar-refractivity contribution in [2.75, 3.05) is 18.1 Å². The van der Waals surface area contributed by atoms with Crippen LogP contribution in [0.5, 0.6) is 0 Å². The number of hydrogen-bond acceptors (Lipinski definition) is 4. The maximum atomic E-state index is 12.0. The molecular formula is C13H22N2O4S. The summed E-state index contributed by atoms with van der Waals surface area (Å²) in [5.74, 6) is -0.0186. The second-order valence-electron chi connectivity index (χ2n) is 4.95. The molecule has 6 nitrogen and oxygen atoms in total. The van der Waals surface area contributed by atoms with Crippen molar-refractivity contribution in [1.29, 1.82) is 0 Å². The van der Waals surface area contributed by atoms with Crippen molar-refractivity contribution in [3.05, 3.63) is 0 Å². The van der Waals surface area contributed by atoms with E-state index in [1.54, 1.807) is 0 Å². The molecule has 114 valence electrons. The molecule has 0 aromatic carbocycles. The molecule has 2 unspecified atom stereocenters. The summed E-state index contributed by atoms with van der Waals surface area (Å²) in [6, 6.07) is -0.565. The number of carboxylic acids is 1. The molecule has 1 rings (SSSR count). The second kappa shape index (κ2) is 8.84. The van der Waals surface area contributed by atoms with E-state index in [0.29, 0.717) is 30.4 Å². The van der Waals surface area contributed by atoms with Gasteiger partial charge in [0.2, 0.25) is 12.3 Å². The zero-order valence-corrected chi connectivity index (χ0v) is 12.5. The van der Waals surface area contributed by atoms with Gasteiger partial charge in [-0.3, -0.25) is 9.59 Å². The zero-order chi connectivity index (χ0) is 15.0. The molecule has 2 atom stereocenters. The summed E-state index contributed by atoms with van der Waals surface area (Å²) in [6.45, 7) is 2.89. The van der Waals surface area contributed by atoms with Crippen molar-refractivity contribution >= 4 is 30.0 Å². The molecule has 1 heterocycles. The number of thioether (sulfide) groups is 1. The van der Waals surface area contributed by atoms with Crippen LogP contribution in [0.25, 0.3) is 0 Å². The number of aliphatic carboxylic acids is 1. The van der Waals surface area contributed by atoms with Crippen LogP contribution in [0.3, 0.4) is 0 Å². The summed E-state index contributed by atoms with van der Waals surface area (Å²) in [4.78, 5) is 35.0. The number of nitrogens with zero attached hydrogens (tertiary/aromatic N) is 1. The summed E-state index contributed by atoms with van der Waals surface area (Å²) in [5.41, 5.74) is 0. The van der Waals surface area contributed by atoms with Crippen molar-refractivity contribution < 1.29 is 19.5 Å². The summed E-state index contributed by atoms with van der Waals surface area (Å²) < 4.78 is 0. The Balaban J connectivity index is 2.24. The third-order valence-corrected chi connectivity index (χ3v) is 4.44. The Labute approximate surface area is 123 Å². The highest BCUT2D eigenvalue weighted by molar-refractivity contribution is 7.99. The molecule has 20 heavy (non-hydrogen) atoms. The summed E-state index contributed by atoms with van der Waals surface area (Å²) in [7, 11) is 0. The molecule has 0 radical (unpaired) electrons. The highest BCUT2D eigenvalue weighted by Crippen LogP contribution is 2.18. The van der Waals surface area contributed by atoms with E-state index >= 15 is 0 Å². The smallest absolute Gasteiger partial charge is 0.326 e. The lowest BCUT2D eigenvalue weighted by atomic mass is 10.0. The van der Waals surface area contributed by atoms with E-state index in [1.807, 2.05) is 4.90 Å². The molecule has 2 amide bonds. The van der Waals surface area contributed by atoms with Crippen LogP contribution < -0.4 is 5.32 Å². The summed E-state index contributed by atoms with van der Waals surface area (Å²) in [5, 5.41) is 11.1. The monoisotopic (exact) mass is 302 g/mol. The number of hydrogen-bond donors (Lipinski definition) is 2. The standard InChI is InChI=1S/C13H22N2O4S/c1-10-4-2-3-6-15(10)12(17)8-20-7-5-11(13(18)19)14-9-16/h9-11H,2-8H2,1H3,(H,14,16)(H,18,19). The van der Waals surface area contributed by atoms with E-state index in [0.717, 1.165) is 19.4 Å². The van der Waals surface area contributed by atoms with E-state index in [2.05, 4.69) is 12.2 Å². The van der Waals surface area contributed by atoms with Gasteiger partial charge in [-0.25, -0.2) is 4.79 Å². The van der Waals surface area contributed by atoms with E-state index < -0.39 is 12.0 Å². The summed E-state index contributed by atoms with van der Waals surface area (Å²) >= 11 is 1.42. The molecule has 0 spiro atoms. The van der Waals surface area contributed by atoms with Gasteiger partial charge in [-0.15, -0.1) is 0 Å². The van der Waals surface area contributed by atoms with Crippen molar-refractivity contribution in [3.63, 3.8) is 0 Å². The van der Waals surface area contributed by atoms with Crippen molar-refractivity contribution in [2.24, 2.45) is 0 Å². The lowest BCUT2D eigenvalue weighted by Gasteiger charge is -2.33. The fourth-order valence-corrected chi connectivity index (χ4v) is 3.16. The van der Waals surface area contributed by atoms with Crippen LogP contribution in [0.15, 0.2) is 0 Å². The Morgan fingerprint density at radius 3 is 2.85 bits per heavy atom. The average molecular weight is 302 g/mol. The fraction of sp³-hybridized carbons (Fsp3) is 0.769. The predicted octanol–water partition coefficient (Wildman–Crippen LogP) is 0.710. The van der Waals surface area contributed by atoms with Gasteiger partial charge in [0.25, 0.3) is 0 Å². The van der Waals surface area contributed by atoms with E-state index in [4.69, 9.17) is 5.11 Å². The molecule has 0 bridgehead atoms. The number of carboxylic acid groups (broad SMARTS) is 1. The van der Waals surface area contributed by atoms with Gasteiger partial charge in [0.1, 0.15) is 6.04 Å². The van der Waals surface area contributed by atoms with Crippen molar-refractivity contribution in [3.8, 4) is 0 Å². The molecule has 0 aromatic rings. The highest BCUT2D eigenvalue weighted by atomic mass is 32.2. The Morgan fingerprint density at radius 1 is 1.50 bits per heavy atom. The largest absolute Gasteiger partial charge is 0.480 e. The Morgan fingerprint density at radius 2 is 2.25 bits per heavy atom. The number of carbonyl (C=O) groups is 3. The first-order chi connectivity index (χ1) is 9.56. The predicted molar refractivity (Wildman–Crippen MR) is 77.6 cm³/mol. The van der Waals surface area contributed by atoms with Crippen LogP contribution in [0.2, 0.25) is 0 Å². The minimum absolute atomic E-state index is 0.123.